The van der Waals surface area contributed by atoms with Gasteiger partial charge in [0.15, 0.2) is 0 Å². The molecule has 1 rings (SSSR count). The van der Waals surface area contributed by atoms with Crippen LogP contribution in [-0.4, -0.2) is 32.8 Å². The Hall–Kier alpha value is 0.210. The molecule has 0 amide bonds. The maximum Gasteiger partial charge on any atom is 0.101 e. The summed E-state index contributed by atoms with van der Waals surface area (Å²) in [4.78, 5) is 1.74. The van der Waals surface area contributed by atoms with Crippen molar-refractivity contribution >= 4 is 0 Å². The number of hydrogen-bond acceptors (Lipinski definition) is 1. The molecule has 0 spiro atoms. The fourth-order valence-electron chi connectivity index (χ4n) is 1.54. The van der Waals surface area contributed by atoms with Gasteiger partial charge in [0.1, 0.15) is 13.1 Å². The fraction of sp³-hybridized carbons (Fsp3) is 1.00. The highest BCUT2D eigenvalue weighted by Crippen LogP contribution is 1.89. The number of hydrogen-bond donors (Lipinski definition) is 1. The lowest BCUT2D eigenvalue weighted by molar-refractivity contribution is -0.908. The molecule has 0 saturated carbocycles. The van der Waals surface area contributed by atoms with E-state index in [1.807, 2.05) is 0 Å². The Morgan fingerprint density at radius 2 is 1.83 bits per heavy atom. The van der Waals surface area contributed by atoms with Crippen LogP contribution in [0.5, 0.6) is 0 Å². The van der Waals surface area contributed by atoms with Crippen LogP contribution in [0.15, 0.2) is 0 Å². The minimum Gasteiger partial charge on any atom is -1.00 e. The lowest BCUT2D eigenvalue weighted by Gasteiger charge is -2.23. The molecule has 12 heavy (non-hydrogen) atoms. The Kier molecular flexibility index (Phi) is 7.98. The van der Waals surface area contributed by atoms with Crippen molar-refractivity contribution in [2.45, 2.75) is 26.2 Å². The average molecular weight is 194 g/mol. The van der Waals surface area contributed by atoms with Crippen molar-refractivity contribution in [1.29, 1.82) is 0 Å². The molecule has 0 aliphatic carbocycles. The van der Waals surface area contributed by atoms with Crippen LogP contribution >= 0.6 is 0 Å². The largest absolute Gasteiger partial charge is 1.00 e. The van der Waals surface area contributed by atoms with Gasteiger partial charge in [-0.2, -0.15) is 0 Å². The highest BCUT2D eigenvalue weighted by atomic mass is 35.5. The van der Waals surface area contributed by atoms with Gasteiger partial charge in [0.25, 0.3) is 0 Å². The first-order valence-corrected chi connectivity index (χ1v) is 4.85. The van der Waals surface area contributed by atoms with Gasteiger partial charge in [0, 0.05) is 0 Å². The standard InChI is InChI=1S/C9H19NO.ClH/c1-2-3-4-5-10-6-8-11-9-7-10;/h2-9H2,1H3;1H. The normalized spacial score (nSPS) is 18.8. The van der Waals surface area contributed by atoms with E-state index in [1.165, 1.54) is 38.9 Å². The van der Waals surface area contributed by atoms with Crippen molar-refractivity contribution in [2.24, 2.45) is 0 Å². The van der Waals surface area contributed by atoms with Gasteiger partial charge in [-0.15, -0.1) is 0 Å². The molecule has 1 aliphatic rings. The molecule has 0 aromatic heterocycles. The van der Waals surface area contributed by atoms with Gasteiger partial charge in [-0.05, 0) is 12.8 Å². The molecule has 74 valence electrons. The Labute approximate surface area is 81.7 Å². The van der Waals surface area contributed by atoms with Crippen LogP contribution in [-0.2, 0) is 4.74 Å². The topological polar surface area (TPSA) is 13.7 Å². The molecule has 1 saturated heterocycles. The zero-order chi connectivity index (χ0) is 7.94. The van der Waals surface area contributed by atoms with E-state index < -0.39 is 0 Å². The van der Waals surface area contributed by atoms with E-state index in [0.29, 0.717) is 0 Å². The first kappa shape index (κ1) is 12.2. The van der Waals surface area contributed by atoms with Gasteiger partial charge < -0.3 is 22.0 Å². The SMILES string of the molecule is CCCCC[NH+]1CCOCC1.[Cl-]. The summed E-state index contributed by atoms with van der Waals surface area (Å²) >= 11 is 0. The van der Waals surface area contributed by atoms with E-state index in [2.05, 4.69) is 6.92 Å². The Bertz CT molecular complexity index is 94.5. The fourth-order valence-corrected chi connectivity index (χ4v) is 1.54. The summed E-state index contributed by atoms with van der Waals surface area (Å²) in [6.07, 6.45) is 4.12. The van der Waals surface area contributed by atoms with Crippen LogP contribution in [0, 0.1) is 0 Å². The molecule has 2 nitrogen and oxygen atoms in total. The summed E-state index contributed by atoms with van der Waals surface area (Å²) in [6, 6.07) is 0. The minimum atomic E-state index is 0. The lowest BCUT2D eigenvalue weighted by atomic mass is 10.2. The molecular formula is C9H20ClNO. The van der Waals surface area contributed by atoms with E-state index in [-0.39, 0.29) is 12.4 Å². The maximum atomic E-state index is 5.29. The molecule has 1 fully saturated rings. The van der Waals surface area contributed by atoms with Crippen molar-refractivity contribution in [3.8, 4) is 0 Å². The van der Waals surface area contributed by atoms with Gasteiger partial charge >= 0.3 is 0 Å². The molecule has 0 bridgehead atoms. The van der Waals surface area contributed by atoms with Crippen molar-refractivity contribution < 1.29 is 22.0 Å². The van der Waals surface area contributed by atoms with Crippen molar-refractivity contribution in [1.82, 2.24) is 0 Å². The Balaban J connectivity index is 0.00000121. The summed E-state index contributed by atoms with van der Waals surface area (Å²) in [7, 11) is 0. The highest BCUT2D eigenvalue weighted by molar-refractivity contribution is 4.41. The van der Waals surface area contributed by atoms with Crippen molar-refractivity contribution in [3.63, 3.8) is 0 Å². The van der Waals surface area contributed by atoms with E-state index in [1.54, 1.807) is 4.90 Å². The van der Waals surface area contributed by atoms with Crippen LogP contribution in [0.25, 0.3) is 0 Å². The summed E-state index contributed by atoms with van der Waals surface area (Å²) in [5.74, 6) is 0. The predicted octanol–water partition coefficient (Wildman–Crippen LogP) is -2.90. The zero-order valence-electron chi connectivity index (χ0n) is 7.94. The van der Waals surface area contributed by atoms with Crippen molar-refractivity contribution in [2.75, 3.05) is 32.8 Å². The quantitative estimate of drug-likeness (QED) is 0.473. The summed E-state index contributed by atoms with van der Waals surface area (Å²) in [5, 5.41) is 0. The molecular weight excluding hydrogens is 174 g/mol. The molecule has 1 N–H and O–H groups in total. The van der Waals surface area contributed by atoms with Gasteiger partial charge in [-0.1, -0.05) is 13.3 Å². The number of halogens is 1. The first-order valence-electron chi connectivity index (χ1n) is 4.85. The van der Waals surface area contributed by atoms with Gasteiger partial charge in [-0.3, -0.25) is 0 Å². The van der Waals surface area contributed by atoms with Gasteiger partial charge in [0.2, 0.25) is 0 Å². The van der Waals surface area contributed by atoms with Gasteiger partial charge in [-0.25, -0.2) is 0 Å². The summed E-state index contributed by atoms with van der Waals surface area (Å²) < 4.78 is 5.29. The van der Waals surface area contributed by atoms with Crippen LogP contribution in [0.4, 0.5) is 0 Å². The third-order valence-corrected chi connectivity index (χ3v) is 2.33. The van der Waals surface area contributed by atoms with E-state index in [9.17, 15) is 0 Å². The Morgan fingerprint density at radius 1 is 1.17 bits per heavy atom. The number of quaternary nitrogens is 1. The molecule has 0 unspecified atom stereocenters. The smallest absolute Gasteiger partial charge is 0.101 e. The number of rotatable bonds is 4. The summed E-state index contributed by atoms with van der Waals surface area (Å²) in [5.41, 5.74) is 0. The molecule has 3 heteroatoms. The Morgan fingerprint density at radius 3 is 2.42 bits per heavy atom. The van der Waals surface area contributed by atoms with Crippen LogP contribution in [0.3, 0.4) is 0 Å². The highest BCUT2D eigenvalue weighted by Gasteiger charge is 2.11. The third-order valence-electron chi connectivity index (χ3n) is 2.33. The molecule has 0 radical (unpaired) electrons. The second-order valence-corrected chi connectivity index (χ2v) is 3.32. The van der Waals surface area contributed by atoms with Gasteiger partial charge in [0.05, 0.1) is 19.8 Å². The minimum absolute atomic E-state index is 0. The summed E-state index contributed by atoms with van der Waals surface area (Å²) in [6.45, 7) is 8.02. The van der Waals surface area contributed by atoms with E-state index in [4.69, 9.17) is 4.74 Å². The first-order chi connectivity index (χ1) is 5.43. The lowest BCUT2D eigenvalue weighted by Crippen LogP contribution is -3.14. The molecule has 0 aromatic carbocycles. The van der Waals surface area contributed by atoms with E-state index >= 15 is 0 Å². The molecule has 1 heterocycles. The molecule has 0 atom stereocenters. The number of ether oxygens (including phenoxy) is 1. The van der Waals surface area contributed by atoms with E-state index in [0.717, 1.165) is 13.2 Å². The maximum absolute atomic E-state index is 5.29. The average Bonchev–Trinajstić information content (AvgIpc) is 2.07. The number of morpholine rings is 1. The number of nitrogens with one attached hydrogen (secondary N) is 1. The van der Waals surface area contributed by atoms with Crippen LogP contribution in [0.2, 0.25) is 0 Å². The van der Waals surface area contributed by atoms with Crippen molar-refractivity contribution in [3.05, 3.63) is 0 Å². The predicted molar refractivity (Wildman–Crippen MR) is 45.9 cm³/mol. The zero-order valence-corrected chi connectivity index (χ0v) is 8.70. The molecule has 1 aliphatic heterocycles. The number of unbranched alkanes of at least 4 members (excludes halogenated alkanes) is 2. The molecule has 0 aromatic rings. The third kappa shape index (κ3) is 4.96. The van der Waals surface area contributed by atoms with Crippen LogP contribution < -0.4 is 17.3 Å². The monoisotopic (exact) mass is 193 g/mol. The second kappa shape index (κ2) is 7.84. The van der Waals surface area contributed by atoms with Crippen LogP contribution in [0.1, 0.15) is 26.2 Å². The second-order valence-electron chi connectivity index (χ2n) is 3.32.